The van der Waals surface area contributed by atoms with Crippen LogP contribution in [0.15, 0.2) is 46.9 Å². The predicted molar refractivity (Wildman–Crippen MR) is 103 cm³/mol. The minimum Gasteiger partial charge on any atom is -0.493 e. The van der Waals surface area contributed by atoms with E-state index in [0.29, 0.717) is 30.0 Å². The number of amides is 2. The molecule has 0 aliphatic heterocycles. The maximum absolute atomic E-state index is 12.0. The van der Waals surface area contributed by atoms with Crippen LogP contribution < -0.4 is 20.1 Å². The number of carbonyl (C=O) groups is 2. The van der Waals surface area contributed by atoms with Crippen molar-refractivity contribution in [2.75, 3.05) is 27.3 Å². The lowest BCUT2D eigenvalue weighted by molar-refractivity contribution is -0.120. The van der Waals surface area contributed by atoms with Crippen molar-refractivity contribution in [1.29, 1.82) is 0 Å². The highest BCUT2D eigenvalue weighted by Crippen LogP contribution is 2.27. The third-order valence-corrected chi connectivity index (χ3v) is 4.23. The normalized spacial score (nSPS) is 10.1. The van der Waals surface area contributed by atoms with E-state index < -0.39 is 0 Å². The first-order valence-corrected chi connectivity index (χ1v) is 8.84. The summed E-state index contributed by atoms with van der Waals surface area (Å²) in [7, 11) is 3.16. The van der Waals surface area contributed by atoms with E-state index in [9.17, 15) is 9.59 Å². The van der Waals surface area contributed by atoms with E-state index >= 15 is 0 Å². The third-order valence-electron chi connectivity index (χ3n) is 3.70. The number of hydrogen-bond donors (Lipinski definition) is 2. The first kappa shape index (κ1) is 19.8. The summed E-state index contributed by atoms with van der Waals surface area (Å²) in [5.41, 5.74) is 1.52. The summed E-state index contributed by atoms with van der Waals surface area (Å²) in [6, 6.07) is 12.6. The third kappa shape index (κ3) is 5.77. The zero-order chi connectivity index (χ0) is 18.9. The van der Waals surface area contributed by atoms with Crippen molar-refractivity contribution >= 4 is 27.7 Å². The van der Waals surface area contributed by atoms with Gasteiger partial charge < -0.3 is 20.1 Å². The molecule has 0 aliphatic carbocycles. The average molecular weight is 421 g/mol. The zero-order valence-corrected chi connectivity index (χ0v) is 16.3. The second-order valence-corrected chi connectivity index (χ2v) is 6.39. The Hall–Kier alpha value is -2.54. The largest absolute Gasteiger partial charge is 0.493 e. The molecule has 26 heavy (non-hydrogen) atoms. The Morgan fingerprint density at radius 2 is 1.65 bits per heavy atom. The first-order chi connectivity index (χ1) is 12.5. The van der Waals surface area contributed by atoms with Crippen molar-refractivity contribution in [2.24, 2.45) is 0 Å². The fourth-order valence-electron chi connectivity index (χ4n) is 2.31. The Labute approximate surface area is 161 Å². The molecule has 2 aromatic carbocycles. The summed E-state index contributed by atoms with van der Waals surface area (Å²) < 4.78 is 11.3. The molecule has 0 bridgehead atoms. The molecule has 7 heteroatoms. The fourth-order valence-corrected chi connectivity index (χ4v) is 2.57. The quantitative estimate of drug-likeness (QED) is 0.687. The number of carbonyl (C=O) groups excluding carboxylic acids is 2. The monoisotopic (exact) mass is 420 g/mol. The van der Waals surface area contributed by atoms with Gasteiger partial charge in [0.05, 0.1) is 20.8 Å². The Morgan fingerprint density at radius 3 is 2.31 bits per heavy atom. The highest BCUT2D eigenvalue weighted by Gasteiger charge is 2.08. The molecule has 0 saturated heterocycles. The lowest BCUT2D eigenvalue weighted by Gasteiger charge is -2.10. The van der Waals surface area contributed by atoms with E-state index in [1.165, 1.54) is 0 Å². The van der Waals surface area contributed by atoms with E-state index in [1.807, 2.05) is 18.2 Å². The smallest absolute Gasteiger partial charge is 0.251 e. The van der Waals surface area contributed by atoms with Crippen molar-refractivity contribution in [2.45, 2.75) is 6.42 Å². The molecule has 0 aromatic heterocycles. The van der Waals surface area contributed by atoms with Crippen LogP contribution >= 0.6 is 15.9 Å². The van der Waals surface area contributed by atoms with Crippen LogP contribution in [0, 0.1) is 0 Å². The van der Waals surface area contributed by atoms with Gasteiger partial charge in [-0.15, -0.1) is 0 Å². The van der Waals surface area contributed by atoms with Crippen LogP contribution in [0.1, 0.15) is 15.9 Å². The van der Waals surface area contributed by atoms with Crippen molar-refractivity contribution in [1.82, 2.24) is 10.6 Å². The minimum absolute atomic E-state index is 0.0686. The number of ether oxygens (including phenoxy) is 2. The summed E-state index contributed by atoms with van der Waals surface area (Å²) in [5.74, 6) is 0.789. The van der Waals surface area contributed by atoms with Crippen molar-refractivity contribution in [3.63, 3.8) is 0 Å². The first-order valence-electron chi connectivity index (χ1n) is 8.05. The molecule has 0 saturated carbocycles. The molecule has 0 unspecified atom stereocenters. The molecule has 0 aliphatic rings. The summed E-state index contributed by atoms with van der Waals surface area (Å²) >= 11 is 3.31. The predicted octanol–water partition coefficient (Wildman–Crippen LogP) is 2.56. The molecule has 2 amide bonds. The Balaban J connectivity index is 1.75. The lowest BCUT2D eigenvalue weighted by atomic mass is 10.1. The number of nitrogens with one attached hydrogen (secondary N) is 2. The van der Waals surface area contributed by atoms with E-state index in [2.05, 4.69) is 26.6 Å². The summed E-state index contributed by atoms with van der Waals surface area (Å²) in [4.78, 5) is 23.8. The molecular formula is C19H21BrN2O4. The summed E-state index contributed by atoms with van der Waals surface area (Å²) in [6.07, 6.45) is 0.646. The van der Waals surface area contributed by atoms with Gasteiger partial charge in [0.2, 0.25) is 5.91 Å². The van der Waals surface area contributed by atoms with Crippen LogP contribution in [-0.4, -0.2) is 39.1 Å². The summed E-state index contributed by atoms with van der Waals surface area (Å²) in [5, 5.41) is 5.38. The molecule has 2 aromatic rings. The number of benzene rings is 2. The maximum atomic E-state index is 12.0. The van der Waals surface area contributed by atoms with Gasteiger partial charge in [-0.25, -0.2) is 0 Å². The topological polar surface area (TPSA) is 76.7 Å². The number of rotatable bonds is 8. The molecule has 0 fully saturated rings. The van der Waals surface area contributed by atoms with Crippen LogP contribution in [0.3, 0.4) is 0 Å². The van der Waals surface area contributed by atoms with Gasteiger partial charge in [-0.1, -0.05) is 22.0 Å². The van der Waals surface area contributed by atoms with Crippen LogP contribution in [-0.2, 0) is 11.2 Å². The molecule has 0 radical (unpaired) electrons. The van der Waals surface area contributed by atoms with Gasteiger partial charge in [-0.05, 0) is 48.4 Å². The van der Waals surface area contributed by atoms with Gasteiger partial charge in [0.1, 0.15) is 0 Å². The second kappa shape index (κ2) is 9.82. The maximum Gasteiger partial charge on any atom is 0.251 e. The van der Waals surface area contributed by atoms with E-state index in [1.54, 1.807) is 38.5 Å². The second-order valence-electron chi connectivity index (χ2n) is 5.48. The van der Waals surface area contributed by atoms with E-state index in [4.69, 9.17) is 9.47 Å². The van der Waals surface area contributed by atoms with Crippen LogP contribution in [0.2, 0.25) is 0 Å². The summed E-state index contributed by atoms with van der Waals surface area (Å²) in [6.45, 7) is 0.392. The Morgan fingerprint density at radius 1 is 0.962 bits per heavy atom. The number of halogens is 1. The lowest BCUT2D eigenvalue weighted by Crippen LogP contribution is -2.37. The fraction of sp³-hybridized carbons (Fsp3) is 0.263. The molecule has 2 rings (SSSR count). The molecule has 2 N–H and O–H groups in total. The molecule has 0 heterocycles. The van der Waals surface area contributed by atoms with Gasteiger partial charge >= 0.3 is 0 Å². The Kier molecular flexibility index (Phi) is 7.47. The van der Waals surface area contributed by atoms with Gasteiger partial charge in [0, 0.05) is 16.6 Å². The van der Waals surface area contributed by atoms with Crippen LogP contribution in [0.4, 0.5) is 0 Å². The molecule has 6 nitrogen and oxygen atoms in total. The SMILES string of the molecule is COc1ccc(CCNC(=O)CNC(=O)c2ccc(Br)cc2)cc1OC. The standard InChI is InChI=1S/C19H21BrN2O4/c1-25-16-8-3-13(11-17(16)26-2)9-10-21-18(23)12-22-19(24)14-4-6-15(20)7-5-14/h3-8,11H,9-10,12H2,1-2H3,(H,21,23)(H,22,24). The van der Waals surface area contributed by atoms with Gasteiger partial charge in [-0.2, -0.15) is 0 Å². The van der Waals surface area contributed by atoms with Gasteiger partial charge in [-0.3, -0.25) is 9.59 Å². The number of methoxy groups -OCH3 is 2. The van der Waals surface area contributed by atoms with Crippen LogP contribution in [0.5, 0.6) is 11.5 Å². The zero-order valence-electron chi connectivity index (χ0n) is 14.7. The van der Waals surface area contributed by atoms with Crippen molar-refractivity contribution in [3.05, 3.63) is 58.1 Å². The highest BCUT2D eigenvalue weighted by atomic mass is 79.9. The van der Waals surface area contributed by atoms with Crippen LogP contribution in [0.25, 0.3) is 0 Å². The van der Waals surface area contributed by atoms with Gasteiger partial charge in [0.15, 0.2) is 11.5 Å². The van der Waals surface area contributed by atoms with E-state index in [-0.39, 0.29) is 18.4 Å². The Bertz CT molecular complexity index is 763. The molecule has 0 spiro atoms. The molecule has 138 valence electrons. The minimum atomic E-state index is -0.285. The molecule has 0 atom stereocenters. The van der Waals surface area contributed by atoms with Gasteiger partial charge in [0.25, 0.3) is 5.91 Å². The average Bonchev–Trinajstić information content (AvgIpc) is 2.66. The highest BCUT2D eigenvalue weighted by molar-refractivity contribution is 9.10. The molecular weight excluding hydrogens is 400 g/mol. The van der Waals surface area contributed by atoms with Crippen molar-refractivity contribution in [3.8, 4) is 11.5 Å². The van der Waals surface area contributed by atoms with E-state index in [0.717, 1.165) is 10.0 Å². The van der Waals surface area contributed by atoms with Crippen molar-refractivity contribution < 1.29 is 19.1 Å². The number of hydrogen-bond acceptors (Lipinski definition) is 4.